The summed E-state index contributed by atoms with van der Waals surface area (Å²) in [6, 6.07) is 8.42. The lowest BCUT2D eigenvalue weighted by atomic mass is 10.2. The van der Waals surface area contributed by atoms with Crippen LogP contribution in [-0.2, 0) is 12.7 Å². The van der Waals surface area contributed by atoms with Gasteiger partial charge in [-0.15, -0.1) is 0 Å². The topological polar surface area (TPSA) is 34.2 Å². The number of hydrogen-bond donors (Lipinski definition) is 1. The van der Waals surface area contributed by atoms with Crippen molar-refractivity contribution in [1.82, 2.24) is 10.3 Å². The zero-order chi connectivity index (χ0) is 14.6. The first-order valence-electron chi connectivity index (χ1n) is 5.94. The zero-order valence-electron chi connectivity index (χ0n) is 10.7. The summed E-state index contributed by atoms with van der Waals surface area (Å²) in [6.45, 7) is 0.583. The number of hydrogen-bond acceptors (Lipinski definition) is 3. The van der Waals surface area contributed by atoms with Gasteiger partial charge in [0, 0.05) is 18.8 Å². The fourth-order valence-corrected chi connectivity index (χ4v) is 1.72. The van der Waals surface area contributed by atoms with Crippen molar-refractivity contribution in [3.05, 3.63) is 53.7 Å². The highest BCUT2D eigenvalue weighted by Crippen LogP contribution is 2.37. The summed E-state index contributed by atoms with van der Waals surface area (Å²) in [6.07, 6.45) is -2.96. The van der Waals surface area contributed by atoms with E-state index in [2.05, 4.69) is 10.3 Å². The van der Waals surface area contributed by atoms with Gasteiger partial charge in [-0.2, -0.15) is 13.2 Å². The SMILES string of the molecule is CNCc1ccnc(Oc2ccccc2C(F)(F)F)c1. The van der Waals surface area contributed by atoms with Crippen LogP contribution >= 0.6 is 0 Å². The number of benzene rings is 1. The van der Waals surface area contributed by atoms with Crippen molar-refractivity contribution < 1.29 is 17.9 Å². The molecule has 1 aromatic heterocycles. The lowest BCUT2D eigenvalue weighted by Gasteiger charge is -2.13. The molecule has 0 radical (unpaired) electrons. The molecule has 0 aliphatic rings. The number of nitrogens with zero attached hydrogens (tertiary/aromatic N) is 1. The molecule has 0 unspecified atom stereocenters. The molecule has 0 bridgehead atoms. The van der Waals surface area contributed by atoms with Gasteiger partial charge in [-0.1, -0.05) is 12.1 Å². The molecule has 2 rings (SSSR count). The third kappa shape index (κ3) is 3.48. The van der Waals surface area contributed by atoms with Crippen LogP contribution in [0.25, 0.3) is 0 Å². The minimum atomic E-state index is -4.46. The van der Waals surface area contributed by atoms with Crippen molar-refractivity contribution in [2.75, 3.05) is 7.05 Å². The maximum absolute atomic E-state index is 12.8. The van der Waals surface area contributed by atoms with Gasteiger partial charge in [0.05, 0.1) is 5.56 Å². The van der Waals surface area contributed by atoms with Gasteiger partial charge in [-0.25, -0.2) is 4.98 Å². The molecule has 0 spiro atoms. The van der Waals surface area contributed by atoms with Crippen LogP contribution in [0, 0.1) is 0 Å². The Morgan fingerprint density at radius 1 is 1.20 bits per heavy atom. The monoisotopic (exact) mass is 282 g/mol. The van der Waals surface area contributed by atoms with Crippen LogP contribution in [-0.4, -0.2) is 12.0 Å². The van der Waals surface area contributed by atoms with Gasteiger partial charge in [-0.3, -0.25) is 0 Å². The Morgan fingerprint density at radius 2 is 1.95 bits per heavy atom. The summed E-state index contributed by atoms with van der Waals surface area (Å²) in [7, 11) is 1.78. The van der Waals surface area contributed by atoms with Gasteiger partial charge < -0.3 is 10.1 Å². The van der Waals surface area contributed by atoms with E-state index in [1.165, 1.54) is 24.4 Å². The Labute approximate surface area is 114 Å². The van der Waals surface area contributed by atoms with Crippen molar-refractivity contribution >= 4 is 0 Å². The highest BCUT2D eigenvalue weighted by Gasteiger charge is 2.34. The molecule has 0 saturated carbocycles. The van der Waals surface area contributed by atoms with Crippen LogP contribution in [0.1, 0.15) is 11.1 Å². The van der Waals surface area contributed by atoms with Crippen molar-refractivity contribution in [1.29, 1.82) is 0 Å². The Morgan fingerprint density at radius 3 is 2.65 bits per heavy atom. The van der Waals surface area contributed by atoms with Crippen LogP contribution in [0.2, 0.25) is 0 Å². The Balaban J connectivity index is 2.28. The molecule has 1 heterocycles. The molecule has 0 aliphatic heterocycles. The molecule has 106 valence electrons. The van der Waals surface area contributed by atoms with E-state index in [1.54, 1.807) is 19.2 Å². The predicted octanol–water partition coefficient (Wildman–Crippen LogP) is 3.61. The third-order valence-electron chi connectivity index (χ3n) is 2.59. The average Bonchev–Trinajstić information content (AvgIpc) is 2.39. The van der Waals surface area contributed by atoms with E-state index < -0.39 is 11.7 Å². The van der Waals surface area contributed by atoms with Gasteiger partial charge >= 0.3 is 6.18 Å². The third-order valence-corrected chi connectivity index (χ3v) is 2.59. The number of aromatic nitrogens is 1. The Bertz CT molecular complexity index is 585. The van der Waals surface area contributed by atoms with Gasteiger partial charge in [0.1, 0.15) is 5.75 Å². The van der Waals surface area contributed by atoms with Crippen LogP contribution in [0.4, 0.5) is 13.2 Å². The number of halogens is 3. The first-order chi connectivity index (χ1) is 9.50. The summed E-state index contributed by atoms with van der Waals surface area (Å²) in [5.74, 6) is -0.122. The lowest BCUT2D eigenvalue weighted by molar-refractivity contribution is -0.138. The average molecular weight is 282 g/mol. The van der Waals surface area contributed by atoms with Crippen LogP contribution < -0.4 is 10.1 Å². The number of ether oxygens (including phenoxy) is 1. The minimum absolute atomic E-state index is 0.134. The second-order valence-electron chi connectivity index (χ2n) is 4.13. The fraction of sp³-hybridized carbons (Fsp3) is 0.214. The van der Waals surface area contributed by atoms with E-state index in [0.29, 0.717) is 6.54 Å². The first kappa shape index (κ1) is 14.3. The maximum Gasteiger partial charge on any atom is 0.419 e. The number of pyridine rings is 1. The Kier molecular flexibility index (Phi) is 4.24. The molecule has 3 nitrogen and oxygen atoms in total. The number of nitrogens with one attached hydrogen (secondary N) is 1. The predicted molar refractivity (Wildman–Crippen MR) is 68.5 cm³/mol. The molecule has 1 aromatic carbocycles. The smallest absolute Gasteiger partial charge is 0.419 e. The number of para-hydroxylation sites is 1. The van der Waals surface area contributed by atoms with Gasteiger partial charge in [0.2, 0.25) is 5.88 Å². The largest absolute Gasteiger partial charge is 0.438 e. The van der Waals surface area contributed by atoms with Gasteiger partial charge in [-0.05, 0) is 30.8 Å². The molecule has 0 atom stereocenters. The summed E-state index contributed by atoms with van der Waals surface area (Å²) in [5.41, 5.74) is 0.0582. The molecule has 0 saturated heterocycles. The summed E-state index contributed by atoms with van der Waals surface area (Å²) in [5, 5.41) is 2.95. The van der Waals surface area contributed by atoms with Crippen molar-refractivity contribution in [2.24, 2.45) is 0 Å². The summed E-state index contributed by atoms with van der Waals surface area (Å²) < 4.78 is 43.8. The standard InChI is InChI=1S/C14H13F3N2O/c1-18-9-10-6-7-19-13(8-10)20-12-5-3-2-4-11(12)14(15,16)17/h2-8,18H,9H2,1H3. The van der Waals surface area contributed by atoms with Crippen LogP contribution in [0.5, 0.6) is 11.6 Å². The number of rotatable bonds is 4. The zero-order valence-corrected chi connectivity index (χ0v) is 10.7. The number of alkyl halides is 3. The van der Waals surface area contributed by atoms with Gasteiger partial charge in [0.25, 0.3) is 0 Å². The second-order valence-corrected chi connectivity index (χ2v) is 4.13. The van der Waals surface area contributed by atoms with Gasteiger partial charge in [0.15, 0.2) is 0 Å². The van der Waals surface area contributed by atoms with E-state index in [1.807, 2.05) is 0 Å². The highest BCUT2D eigenvalue weighted by atomic mass is 19.4. The fourth-order valence-electron chi connectivity index (χ4n) is 1.72. The van der Waals surface area contributed by atoms with E-state index in [0.717, 1.165) is 11.6 Å². The molecule has 6 heteroatoms. The van der Waals surface area contributed by atoms with E-state index >= 15 is 0 Å². The van der Waals surface area contributed by atoms with Crippen molar-refractivity contribution in [3.63, 3.8) is 0 Å². The van der Waals surface area contributed by atoms with Crippen LogP contribution in [0.15, 0.2) is 42.6 Å². The second kappa shape index (κ2) is 5.92. The van der Waals surface area contributed by atoms with E-state index in [4.69, 9.17) is 4.74 Å². The lowest BCUT2D eigenvalue weighted by Crippen LogP contribution is -2.08. The molecule has 0 fully saturated rings. The normalized spacial score (nSPS) is 11.4. The molecule has 20 heavy (non-hydrogen) atoms. The molecular weight excluding hydrogens is 269 g/mol. The van der Waals surface area contributed by atoms with Crippen molar-refractivity contribution in [2.45, 2.75) is 12.7 Å². The Hall–Kier alpha value is -2.08. The molecule has 1 N–H and O–H groups in total. The van der Waals surface area contributed by atoms with E-state index in [9.17, 15) is 13.2 Å². The molecule has 0 amide bonds. The molecule has 0 aliphatic carbocycles. The molecule has 2 aromatic rings. The van der Waals surface area contributed by atoms with Crippen molar-refractivity contribution in [3.8, 4) is 11.6 Å². The molecular formula is C14H13F3N2O. The quantitative estimate of drug-likeness (QED) is 0.930. The summed E-state index contributed by atoms with van der Waals surface area (Å²) in [4.78, 5) is 3.92. The van der Waals surface area contributed by atoms with Crippen LogP contribution in [0.3, 0.4) is 0 Å². The minimum Gasteiger partial charge on any atom is -0.438 e. The maximum atomic E-state index is 12.8. The van der Waals surface area contributed by atoms with E-state index in [-0.39, 0.29) is 11.6 Å². The first-order valence-corrected chi connectivity index (χ1v) is 5.94. The highest BCUT2D eigenvalue weighted by molar-refractivity contribution is 5.38. The summed E-state index contributed by atoms with van der Waals surface area (Å²) >= 11 is 0.